The fourth-order valence-electron chi connectivity index (χ4n) is 2.91. The molecule has 0 saturated carbocycles. The summed E-state index contributed by atoms with van der Waals surface area (Å²) >= 11 is 0. The van der Waals surface area contributed by atoms with Crippen molar-refractivity contribution in [2.45, 2.75) is 32.3 Å². The SMILES string of the molecule is CC(C)(O)CCc1c(O)cc2occ(-c3ccc(O)cc3O)c(=O)c2c1O. The second-order valence-electron chi connectivity index (χ2n) is 7.09. The van der Waals surface area contributed by atoms with Crippen LogP contribution in [-0.2, 0) is 6.42 Å². The molecule has 0 aliphatic rings. The van der Waals surface area contributed by atoms with E-state index in [2.05, 4.69) is 0 Å². The lowest BCUT2D eigenvalue weighted by atomic mass is 9.95. The summed E-state index contributed by atoms with van der Waals surface area (Å²) in [5, 5.41) is 49.9. The van der Waals surface area contributed by atoms with E-state index in [-0.39, 0.29) is 57.7 Å². The first-order valence-corrected chi connectivity index (χ1v) is 8.32. The van der Waals surface area contributed by atoms with Crippen LogP contribution in [0.15, 0.2) is 39.7 Å². The van der Waals surface area contributed by atoms with Crippen LogP contribution >= 0.6 is 0 Å². The van der Waals surface area contributed by atoms with Gasteiger partial charge in [-0.15, -0.1) is 0 Å². The van der Waals surface area contributed by atoms with Crippen LogP contribution < -0.4 is 5.43 Å². The predicted octanol–water partition coefficient (Wildman–Crippen LogP) is 2.99. The number of rotatable bonds is 4. The van der Waals surface area contributed by atoms with E-state index in [0.717, 1.165) is 12.3 Å². The maximum atomic E-state index is 12.9. The maximum absolute atomic E-state index is 12.9. The van der Waals surface area contributed by atoms with Gasteiger partial charge >= 0.3 is 0 Å². The molecule has 142 valence electrons. The van der Waals surface area contributed by atoms with Crippen molar-refractivity contribution in [2.24, 2.45) is 0 Å². The molecule has 1 heterocycles. The number of hydrogen-bond acceptors (Lipinski definition) is 7. The standard InChI is InChI=1S/C20H20O7/c1-20(2,26)6-5-12-15(23)8-16-17(18(12)24)19(25)13(9-27-16)11-4-3-10(21)7-14(11)22/h3-4,7-9,21-24,26H,5-6H2,1-2H3. The highest BCUT2D eigenvalue weighted by Gasteiger charge is 2.22. The van der Waals surface area contributed by atoms with E-state index in [1.165, 1.54) is 18.2 Å². The Morgan fingerprint density at radius 2 is 1.70 bits per heavy atom. The van der Waals surface area contributed by atoms with E-state index in [1.54, 1.807) is 13.8 Å². The molecular weight excluding hydrogens is 352 g/mol. The molecule has 0 radical (unpaired) electrons. The quantitative estimate of drug-likeness (QED) is 0.476. The minimum absolute atomic E-state index is 0.00516. The smallest absolute Gasteiger partial charge is 0.204 e. The second kappa shape index (κ2) is 6.51. The highest BCUT2D eigenvalue weighted by molar-refractivity contribution is 5.90. The monoisotopic (exact) mass is 372 g/mol. The zero-order valence-corrected chi connectivity index (χ0v) is 14.9. The van der Waals surface area contributed by atoms with Crippen molar-refractivity contribution in [3.8, 4) is 34.1 Å². The van der Waals surface area contributed by atoms with Crippen LogP contribution in [0.2, 0.25) is 0 Å². The highest BCUT2D eigenvalue weighted by Crippen LogP contribution is 2.38. The van der Waals surface area contributed by atoms with Gasteiger partial charge in [0.25, 0.3) is 0 Å². The first-order chi connectivity index (χ1) is 12.6. The normalized spacial score (nSPS) is 11.8. The van der Waals surface area contributed by atoms with Crippen LogP contribution in [0.4, 0.5) is 0 Å². The van der Waals surface area contributed by atoms with Crippen molar-refractivity contribution in [1.29, 1.82) is 0 Å². The highest BCUT2D eigenvalue weighted by atomic mass is 16.3. The Bertz CT molecular complexity index is 1070. The van der Waals surface area contributed by atoms with Crippen LogP contribution in [-0.4, -0.2) is 31.1 Å². The third-order valence-corrected chi connectivity index (χ3v) is 4.38. The molecule has 0 spiro atoms. The number of aliphatic hydroxyl groups is 1. The fraction of sp³-hybridized carbons (Fsp3) is 0.250. The number of aromatic hydroxyl groups is 4. The lowest BCUT2D eigenvalue weighted by molar-refractivity contribution is 0.0711. The Morgan fingerprint density at radius 1 is 1.00 bits per heavy atom. The lowest BCUT2D eigenvalue weighted by Crippen LogP contribution is -2.19. The lowest BCUT2D eigenvalue weighted by Gasteiger charge is -2.18. The van der Waals surface area contributed by atoms with Crippen LogP contribution in [0.3, 0.4) is 0 Å². The van der Waals surface area contributed by atoms with Gasteiger partial charge in [-0.05, 0) is 38.8 Å². The minimum atomic E-state index is -1.02. The van der Waals surface area contributed by atoms with E-state index in [9.17, 15) is 30.3 Å². The zero-order chi connectivity index (χ0) is 19.9. The molecule has 0 bridgehead atoms. The van der Waals surface area contributed by atoms with Crippen molar-refractivity contribution in [3.05, 3.63) is 46.3 Å². The van der Waals surface area contributed by atoms with E-state index in [4.69, 9.17) is 4.42 Å². The fourth-order valence-corrected chi connectivity index (χ4v) is 2.91. The van der Waals surface area contributed by atoms with Crippen molar-refractivity contribution < 1.29 is 29.9 Å². The van der Waals surface area contributed by atoms with E-state index in [0.29, 0.717) is 0 Å². The molecule has 27 heavy (non-hydrogen) atoms. The van der Waals surface area contributed by atoms with Gasteiger partial charge in [-0.3, -0.25) is 4.79 Å². The average molecular weight is 372 g/mol. The van der Waals surface area contributed by atoms with Crippen molar-refractivity contribution >= 4 is 11.0 Å². The minimum Gasteiger partial charge on any atom is -0.508 e. The molecule has 0 aliphatic carbocycles. The second-order valence-corrected chi connectivity index (χ2v) is 7.09. The van der Waals surface area contributed by atoms with Gasteiger partial charge in [0.15, 0.2) is 0 Å². The molecule has 7 nitrogen and oxygen atoms in total. The summed E-state index contributed by atoms with van der Waals surface area (Å²) in [4.78, 5) is 12.9. The molecule has 0 aliphatic heterocycles. The number of benzene rings is 2. The molecule has 3 aromatic rings. The maximum Gasteiger partial charge on any atom is 0.204 e. The summed E-state index contributed by atoms with van der Waals surface area (Å²) in [6.07, 6.45) is 1.51. The topological polar surface area (TPSA) is 131 Å². The molecule has 3 rings (SSSR count). The Kier molecular flexibility index (Phi) is 4.49. The van der Waals surface area contributed by atoms with Gasteiger partial charge in [0.05, 0.1) is 11.2 Å². The molecule has 1 aromatic heterocycles. The predicted molar refractivity (Wildman–Crippen MR) is 99.2 cm³/mol. The van der Waals surface area contributed by atoms with Gasteiger partial charge in [0.2, 0.25) is 5.43 Å². The molecule has 2 aromatic carbocycles. The molecule has 0 saturated heterocycles. The van der Waals surface area contributed by atoms with Gasteiger partial charge in [-0.1, -0.05) is 0 Å². The van der Waals surface area contributed by atoms with E-state index in [1.807, 2.05) is 0 Å². The summed E-state index contributed by atoms with van der Waals surface area (Å²) in [6, 6.07) is 4.99. The van der Waals surface area contributed by atoms with Crippen LogP contribution in [0.5, 0.6) is 23.0 Å². The Balaban J connectivity index is 2.21. The molecule has 0 unspecified atom stereocenters. The molecule has 0 fully saturated rings. The summed E-state index contributed by atoms with van der Waals surface area (Å²) < 4.78 is 5.38. The Labute approximate surface area is 154 Å². The Hall–Kier alpha value is -3.19. The van der Waals surface area contributed by atoms with E-state index >= 15 is 0 Å². The van der Waals surface area contributed by atoms with E-state index < -0.39 is 16.8 Å². The summed E-state index contributed by atoms with van der Waals surface area (Å²) in [5.74, 6) is -1.15. The van der Waals surface area contributed by atoms with Crippen LogP contribution in [0.1, 0.15) is 25.8 Å². The number of hydrogen-bond donors (Lipinski definition) is 5. The average Bonchev–Trinajstić information content (AvgIpc) is 2.54. The van der Waals surface area contributed by atoms with Gasteiger partial charge in [0, 0.05) is 23.3 Å². The first kappa shape index (κ1) is 18.6. The summed E-state index contributed by atoms with van der Waals surface area (Å²) in [7, 11) is 0. The first-order valence-electron chi connectivity index (χ1n) is 8.32. The molecule has 7 heteroatoms. The van der Waals surface area contributed by atoms with Gasteiger partial charge < -0.3 is 29.9 Å². The van der Waals surface area contributed by atoms with Gasteiger partial charge in [-0.2, -0.15) is 0 Å². The zero-order valence-electron chi connectivity index (χ0n) is 14.9. The van der Waals surface area contributed by atoms with Crippen LogP contribution in [0.25, 0.3) is 22.1 Å². The number of fused-ring (bicyclic) bond motifs is 1. The summed E-state index contributed by atoms with van der Waals surface area (Å²) in [6.45, 7) is 3.20. The Morgan fingerprint density at radius 3 is 2.33 bits per heavy atom. The molecule has 0 atom stereocenters. The number of phenols is 4. The van der Waals surface area contributed by atoms with Crippen molar-refractivity contribution in [3.63, 3.8) is 0 Å². The van der Waals surface area contributed by atoms with Crippen molar-refractivity contribution in [1.82, 2.24) is 0 Å². The summed E-state index contributed by atoms with van der Waals surface area (Å²) in [5.41, 5.74) is -1.37. The molecule has 5 N–H and O–H groups in total. The van der Waals surface area contributed by atoms with Crippen LogP contribution in [0, 0.1) is 0 Å². The third-order valence-electron chi connectivity index (χ3n) is 4.38. The van der Waals surface area contributed by atoms with Gasteiger partial charge in [0.1, 0.15) is 40.2 Å². The number of phenolic OH excluding ortho intramolecular Hbond substituents is 4. The van der Waals surface area contributed by atoms with Crippen molar-refractivity contribution in [2.75, 3.05) is 0 Å². The largest absolute Gasteiger partial charge is 0.508 e. The third kappa shape index (κ3) is 3.54. The molecular formula is C20H20O7. The van der Waals surface area contributed by atoms with Gasteiger partial charge in [-0.25, -0.2) is 0 Å². The molecule has 0 amide bonds.